The second-order valence-corrected chi connectivity index (χ2v) is 0.900. The smallest absolute Gasteiger partial charge is 1.00 e. The summed E-state index contributed by atoms with van der Waals surface area (Å²) in [4.78, 5) is 0. The molecule has 0 bridgehead atoms. The zero-order valence-corrected chi connectivity index (χ0v) is 6.52. The molecule has 0 atom stereocenters. The van der Waals surface area contributed by atoms with Crippen molar-refractivity contribution in [1.29, 1.82) is 0 Å². The van der Waals surface area contributed by atoms with Gasteiger partial charge in [0.15, 0.2) is 0 Å². The first-order valence-electron chi connectivity index (χ1n) is 1.48. The van der Waals surface area contributed by atoms with Crippen LogP contribution in [0, 0.1) is 6.42 Å². The normalized spacial score (nSPS) is 12.0. The van der Waals surface area contributed by atoms with Crippen LogP contribution in [0.5, 0.6) is 0 Å². The van der Waals surface area contributed by atoms with Gasteiger partial charge in [0.1, 0.15) is 0 Å². The van der Waals surface area contributed by atoms with Crippen molar-refractivity contribution >= 4 is 23.1 Å². The predicted octanol–water partition coefficient (Wildman–Crippen LogP) is -2.23. The van der Waals surface area contributed by atoms with E-state index in [-0.39, 0.29) is 40.0 Å². The third-order valence-corrected chi connectivity index (χ3v) is 0.544. The number of halogens is 1. The maximum absolute atomic E-state index is 2.12. The molecule has 0 spiro atoms. The molecule has 0 radical (unpaired) electrons. The van der Waals surface area contributed by atoms with Crippen molar-refractivity contribution in [2.75, 3.05) is 0 Å². The average molecular weight is 157 g/mol. The van der Waals surface area contributed by atoms with Gasteiger partial charge in [0.2, 0.25) is 0 Å². The first-order chi connectivity index (χ1) is 2.00. The van der Waals surface area contributed by atoms with Gasteiger partial charge in [-0.25, -0.2) is 18.6 Å². The number of allylic oxidation sites excluding steroid dienone is 2. The van der Waals surface area contributed by atoms with Crippen LogP contribution in [0.1, 0.15) is 6.42 Å². The third-order valence-electron chi connectivity index (χ3n) is 0.544. The van der Waals surface area contributed by atoms with Crippen molar-refractivity contribution in [3.8, 4) is 0 Å². The predicted molar refractivity (Wildman–Crippen MR) is 23.8 cm³/mol. The van der Waals surface area contributed by atoms with Crippen molar-refractivity contribution in [3.05, 3.63) is 18.6 Å². The van der Waals surface area contributed by atoms with E-state index in [4.69, 9.17) is 0 Å². The van der Waals surface area contributed by atoms with Crippen molar-refractivity contribution < 1.29 is 17.0 Å². The molecule has 1 aliphatic rings. The molecule has 1 aliphatic carbocycles. The fraction of sp³-hybridized carbons (Fsp3) is 0.250. The summed E-state index contributed by atoms with van der Waals surface area (Å²) >= 11 is 0. The molecule has 0 aromatic rings. The number of rotatable bonds is 0. The molecule has 6 heavy (non-hydrogen) atoms. The first-order valence-corrected chi connectivity index (χ1v) is 1.48. The molecule has 0 nitrogen and oxygen atoms in total. The third kappa shape index (κ3) is 3.06. The molecule has 0 saturated carbocycles. The van der Waals surface area contributed by atoms with Crippen LogP contribution in [-0.4, -0.2) is 23.1 Å². The minimum Gasteiger partial charge on any atom is -1.00 e. The quantitative estimate of drug-likeness (QED) is 0.276. The standard InChI is InChI=1S/C4H5.BrH.Mg/c1-2-4-3-1;;/h1-3H,4H2;1H;/q-1;;+2/p-1. The van der Waals surface area contributed by atoms with E-state index in [2.05, 4.69) is 18.6 Å². The van der Waals surface area contributed by atoms with E-state index in [1.807, 2.05) is 0 Å². The Hall–Kier alpha value is 0.856. The van der Waals surface area contributed by atoms with Crippen LogP contribution in [0.4, 0.5) is 0 Å². The maximum atomic E-state index is 2.12. The Bertz CT molecular complexity index is 36.8. The van der Waals surface area contributed by atoms with Crippen LogP contribution in [0.3, 0.4) is 0 Å². The van der Waals surface area contributed by atoms with Crippen LogP contribution >= 0.6 is 0 Å². The Balaban J connectivity index is 0. The van der Waals surface area contributed by atoms with Gasteiger partial charge < -0.3 is 17.0 Å². The molecule has 0 saturated heterocycles. The summed E-state index contributed by atoms with van der Waals surface area (Å²) in [5, 5.41) is 0. The molecule has 0 aliphatic heterocycles. The summed E-state index contributed by atoms with van der Waals surface area (Å²) in [5.74, 6) is 0. The van der Waals surface area contributed by atoms with Gasteiger partial charge in [0.25, 0.3) is 0 Å². The van der Waals surface area contributed by atoms with Crippen LogP contribution in [0.25, 0.3) is 0 Å². The van der Waals surface area contributed by atoms with Gasteiger partial charge in [-0.05, 0) is 0 Å². The van der Waals surface area contributed by atoms with Gasteiger partial charge >= 0.3 is 23.1 Å². The van der Waals surface area contributed by atoms with Gasteiger partial charge in [0, 0.05) is 0 Å². The van der Waals surface area contributed by atoms with Gasteiger partial charge in [-0.15, -0.1) is 0 Å². The molecule has 2 heteroatoms. The Morgan fingerprint density at radius 2 is 1.67 bits per heavy atom. The zero-order chi connectivity index (χ0) is 2.83. The van der Waals surface area contributed by atoms with E-state index in [0.717, 1.165) is 0 Å². The van der Waals surface area contributed by atoms with Crippen molar-refractivity contribution in [1.82, 2.24) is 0 Å². The average Bonchev–Trinajstić information content (AvgIpc) is 0.722. The largest absolute Gasteiger partial charge is 2.00 e. The number of hydrogen-bond donors (Lipinski definition) is 0. The molecular weight excluding hydrogens is 152 g/mol. The molecule has 30 valence electrons. The van der Waals surface area contributed by atoms with E-state index < -0.39 is 0 Å². The van der Waals surface area contributed by atoms with Crippen molar-refractivity contribution in [2.45, 2.75) is 6.42 Å². The topological polar surface area (TPSA) is 0 Å². The fourth-order valence-corrected chi connectivity index (χ4v) is 0.136. The van der Waals surface area contributed by atoms with Crippen molar-refractivity contribution in [3.63, 3.8) is 0 Å². The summed E-state index contributed by atoms with van der Waals surface area (Å²) in [7, 11) is 0. The van der Waals surface area contributed by atoms with Crippen LogP contribution < -0.4 is 17.0 Å². The number of hydrogen-bond acceptors (Lipinski definition) is 0. The molecular formula is C4H5BrMg. The molecule has 0 fully saturated rings. The van der Waals surface area contributed by atoms with E-state index in [0.29, 0.717) is 0 Å². The summed E-state index contributed by atoms with van der Waals surface area (Å²) in [6, 6.07) is 0. The summed E-state index contributed by atoms with van der Waals surface area (Å²) in [6.07, 6.45) is 7.50. The van der Waals surface area contributed by atoms with Crippen LogP contribution in [-0.2, 0) is 0 Å². The minimum atomic E-state index is 0. The fourth-order valence-electron chi connectivity index (χ4n) is 0.136. The van der Waals surface area contributed by atoms with Gasteiger partial charge in [-0.1, -0.05) is 0 Å². The Morgan fingerprint density at radius 3 is 1.67 bits per heavy atom. The minimum absolute atomic E-state index is 0. The molecule has 0 aromatic carbocycles. The summed E-state index contributed by atoms with van der Waals surface area (Å²) in [6.45, 7) is 0. The Kier molecular flexibility index (Phi) is 9.73. The second-order valence-electron chi connectivity index (χ2n) is 0.900. The second kappa shape index (κ2) is 5.86. The van der Waals surface area contributed by atoms with E-state index in [1.165, 1.54) is 6.42 Å². The van der Waals surface area contributed by atoms with E-state index in [1.54, 1.807) is 0 Å². The van der Waals surface area contributed by atoms with Gasteiger partial charge in [0.05, 0.1) is 0 Å². The molecule has 0 heterocycles. The Morgan fingerprint density at radius 1 is 1.50 bits per heavy atom. The van der Waals surface area contributed by atoms with Crippen LogP contribution in [0.2, 0.25) is 0 Å². The molecule has 0 amide bonds. The van der Waals surface area contributed by atoms with Crippen LogP contribution in [0.15, 0.2) is 12.2 Å². The molecule has 0 unspecified atom stereocenters. The van der Waals surface area contributed by atoms with Gasteiger partial charge in [-0.3, -0.25) is 0 Å². The molecule has 0 aromatic heterocycles. The Labute approximate surface area is 64.9 Å². The molecule has 0 N–H and O–H groups in total. The first kappa shape index (κ1) is 9.97. The van der Waals surface area contributed by atoms with E-state index >= 15 is 0 Å². The maximum Gasteiger partial charge on any atom is 2.00 e. The summed E-state index contributed by atoms with van der Waals surface area (Å²) in [5.41, 5.74) is 0. The molecule has 1 rings (SSSR count). The van der Waals surface area contributed by atoms with E-state index in [9.17, 15) is 0 Å². The monoisotopic (exact) mass is 156 g/mol. The van der Waals surface area contributed by atoms with Gasteiger partial charge in [-0.2, -0.15) is 6.42 Å². The zero-order valence-electron chi connectivity index (χ0n) is 3.52. The van der Waals surface area contributed by atoms with Crippen molar-refractivity contribution in [2.24, 2.45) is 0 Å². The SMILES string of the molecule is C1=CC[CH-]1.[Br-].[Mg+2]. The summed E-state index contributed by atoms with van der Waals surface area (Å²) < 4.78 is 0.